The molecule has 1 rings (SSSR count). The van der Waals surface area contributed by atoms with Gasteiger partial charge in [-0.3, -0.25) is 4.79 Å². The number of nitrogens with zero attached hydrogens (tertiary/aromatic N) is 1. The highest BCUT2D eigenvalue weighted by atomic mass is 35.5. The van der Waals surface area contributed by atoms with Crippen LogP contribution in [0.3, 0.4) is 0 Å². The Bertz CT molecular complexity index is 328. The summed E-state index contributed by atoms with van der Waals surface area (Å²) in [7, 11) is 0. The zero-order chi connectivity index (χ0) is 9.84. The lowest BCUT2D eigenvalue weighted by molar-refractivity contribution is 0.0951. The minimum absolute atomic E-state index is 0.163. The van der Waals surface area contributed by atoms with Crippen LogP contribution in [0.4, 0.5) is 0 Å². The van der Waals surface area contributed by atoms with Gasteiger partial charge in [0, 0.05) is 12.7 Å². The van der Waals surface area contributed by atoms with Crippen molar-refractivity contribution >= 4 is 29.1 Å². The van der Waals surface area contributed by atoms with Gasteiger partial charge in [0.05, 0.1) is 10.0 Å². The van der Waals surface area contributed by atoms with Gasteiger partial charge in [0.2, 0.25) is 0 Å². The molecule has 0 saturated carbocycles. The van der Waals surface area contributed by atoms with Gasteiger partial charge in [0.25, 0.3) is 5.91 Å². The third kappa shape index (κ3) is 2.32. The van der Waals surface area contributed by atoms with Gasteiger partial charge in [-0.1, -0.05) is 23.2 Å². The molecule has 0 fully saturated rings. The van der Waals surface area contributed by atoms with Gasteiger partial charge in [-0.15, -0.1) is 0 Å². The van der Waals surface area contributed by atoms with Crippen LogP contribution in [0.5, 0.6) is 0 Å². The summed E-state index contributed by atoms with van der Waals surface area (Å²) < 4.78 is 0. The van der Waals surface area contributed by atoms with Gasteiger partial charge in [0.15, 0.2) is 0 Å². The van der Waals surface area contributed by atoms with E-state index < -0.39 is 0 Å². The lowest BCUT2D eigenvalue weighted by Crippen LogP contribution is -2.24. The maximum absolute atomic E-state index is 11.3. The number of pyridine rings is 1. The number of hydrogen-bond donors (Lipinski definition) is 1. The topological polar surface area (TPSA) is 42.0 Å². The first-order chi connectivity index (χ1) is 6.16. The van der Waals surface area contributed by atoms with Gasteiger partial charge in [-0.2, -0.15) is 0 Å². The molecule has 0 radical (unpaired) electrons. The molecule has 1 N–H and O–H groups in total. The van der Waals surface area contributed by atoms with E-state index in [4.69, 9.17) is 23.2 Å². The van der Waals surface area contributed by atoms with Gasteiger partial charge >= 0.3 is 0 Å². The third-order valence-corrected chi connectivity index (χ3v) is 2.19. The van der Waals surface area contributed by atoms with E-state index >= 15 is 0 Å². The van der Waals surface area contributed by atoms with Crippen molar-refractivity contribution in [1.29, 1.82) is 0 Å². The molecule has 13 heavy (non-hydrogen) atoms. The summed E-state index contributed by atoms with van der Waals surface area (Å²) >= 11 is 11.5. The van der Waals surface area contributed by atoms with Gasteiger partial charge in [0.1, 0.15) is 5.69 Å². The molecule has 5 heteroatoms. The second kappa shape index (κ2) is 4.44. The van der Waals surface area contributed by atoms with E-state index in [1.807, 2.05) is 6.92 Å². The molecule has 1 aromatic heterocycles. The van der Waals surface area contributed by atoms with Crippen LogP contribution in [-0.4, -0.2) is 17.4 Å². The van der Waals surface area contributed by atoms with Crippen LogP contribution < -0.4 is 5.32 Å². The van der Waals surface area contributed by atoms with E-state index in [-0.39, 0.29) is 16.6 Å². The molecule has 0 aliphatic heterocycles. The molecule has 0 bridgehead atoms. The fourth-order valence-electron chi connectivity index (χ4n) is 0.823. The standard InChI is InChI=1S/C8H8Cl2N2O/c1-2-11-8(13)7-6(10)5(9)3-4-12-7/h3-4H,2H2,1H3,(H,11,13). The molecular formula is C8H8Cl2N2O. The Balaban J connectivity index is 3.01. The Labute approximate surface area is 86.1 Å². The molecule has 1 aromatic rings. The second-order valence-electron chi connectivity index (χ2n) is 2.31. The molecular weight excluding hydrogens is 211 g/mol. The molecule has 70 valence electrons. The first kappa shape index (κ1) is 10.3. The lowest BCUT2D eigenvalue weighted by Gasteiger charge is -2.03. The minimum atomic E-state index is -0.310. The Morgan fingerprint density at radius 1 is 1.62 bits per heavy atom. The fraction of sp³-hybridized carbons (Fsp3) is 0.250. The number of aromatic nitrogens is 1. The van der Waals surface area contributed by atoms with Crippen LogP contribution in [0.2, 0.25) is 10.0 Å². The predicted molar refractivity (Wildman–Crippen MR) is 52.3 cm³/mol. The molecule has 0 spiro atoms. The molecule has 3 nitrogen and oxygen atoms in total. The third-order valence-electron chi connectivity index (χ3n) is 1.39. The van der Waals surface area contributed by atoms with Crippen molar-refractivity contribution in [3.8, 4) is 0 Å². The van der Waals surface area contributed by atoms with Crippen LogP contribution in [-0.2, 0) is 0 Å². The molecule has 0 unspecified atom stereocenters. The maximum Gasteiger partial charge on any atom is 0.271 e. The second-order valence-corrected chi connectivity index (χ2v) is 3.10. The number of rotatable bonds is 2. The van der Waals surface area contributed by atoms with E-state index in [0.29, 0.717) is 11.6 Å². The number of carbonyl (C=O) groups is 1. The van der Waals surface area contributed by atoms with E-state index in [9.17, 15) is 4.79 Å². The Morgan fingerprint density at radius 2 is 2.31 bits per heavy atom. The zero-order valence-corrected chi connectivity index (χ0v) is 8.49. The normalized spacial score (nSPS) is 9.77. The summed E-state index contributed by atoms with van der Waals surface area (Å²) in [4.78, 5) is 15.1. The molecule has 0 saturated heterocycles. The monoisotopic (exact) mass is 218 g/mol. The average Bonchev–Trinajstić information content (AvgIpc) is 2.10. The molecule has 1 heterocycles. The summed E-state index contributed by atoms with van der Waals surface area (Å²) in [5.74, 6) is -0.310. The summed E-state index contributed by atoms with van der Waals surface area (Å²) in [5.41, 5.74) is 0.163. The fourth-order valence-corrected chi connectivity index (χ4v) is 1.17. The first-order valence-electron chi connectivity index (χ1n) is 3.75. The minimum Gasteiger partial charge on any atom is -0.351 e. The maximum atomic E-state index is 11.3. The van der Waals surface area contributed by atoms with Crippen molar-refractivity contribution in [2.24, 2.45) is 0 Å². The molecule has 0 atom stereocenters. The van der Waals surface area contributed by atoms with Gasteiger partial charge in [-0.25, -0.2) is 4.98 Å². The van der Waals surface area contributed by atoms with Crippen molar-refractivity contribution in [3.05, 3.63) is 28.0 Å². The number of amides is 1. The van der Waals surface area contributed by atoms with E-state index in [0.717, 1.165) is 0 Å². The van der Waals surface area contributed by atoms with Crippen LogP contribution in [0, 0.1) is 0 Å². The number of hydrogen-bond acceptors (Lipinski definition) is 2. The van der Waals surface area contributed by atoms with Crippen LogP contribution >= 0.6 is 23.2 Å². The largest absolute Gasteiger partial charge is 0.351 e. The molecule has 0 aromatic carbocycles. The Morgan fingerprint density at radius 3 is 2.92 bits per heavy atom. The highest BCUT2D eigenvalue weighted by Gasteiger charge is 2.12. The molecule has 1 amide bonds. The van der Waals surface area contributed by atoms with Crippen molar-refractivity contribution in [3.63, 3.8) is 0 Å². The summed E-state index contributed by atoms with van der Waals surface area (Å²) in [6, 6.07) is 1.53. The average molecular weight is 219 g/mol. The van der Waals surface area contributed by atoms with Crippen molar-refractivity contribution in [2.75, 3.05) is 6.54 Å². The van der Waals surface area contributed by atoms with E-state index in [1.54, 1.807) is 0 Å². The van der Waals surface area contributed by atoms with Crippen molar-refractivity contribution in [1.82, 2.24) is 10.3 Å². The van der Waals surface area contributed by atoms with E-state index in [1.165, 1.54) is 12.3 Å². The lowest BCUT2D eigenvalue weighted by atomic mass is 10.3. The summed E-state index contributed by atoms with van der Waals surface area (Å²) in [6.07, 6.45) is 1.44. The summed E-state index contributed by atoms with van der Waals surface area (Å²) in [6.45, 7) is 2.35. The Kier molecular flexibility index (Phi) is 3.51. The van der Waals surface area contributed by atoms with Gasteiger partial charge in [-0.05, 0) is 13.0 Å². The number of halogens is 2. The Hall–Kier alpha value is -0.800. The molecule has 0 aliphatic carbocycles. The van der Waals surface area contributed by atoms with E-state index in [2.05, 4.69) is 10.3 Å². The quantitative estimate of drug-likeness (QED) is 0.827. The number of nitrogens with one attached hydrogen (secondary N) is 1. The van der Waals surface area contributed by atoms with Crippen LogP contribution in [0.15, 0.2) is 12.3 Å². The van der Waals surface area contributed by atoms with Crippen LogP contribution in [0.25, 0.3) is 0 Å². The first-order valence-corrected chi connectivity index (χ1v) is 4.50. The SMILES string of the molecule is CCNC(=O)c1nccc(Cl)c1Cl. The highest BCUT2D eigenvalue weighted by Crippen LogP contribution is 2.23. The van der Waals surface area contributed by atoms with Crippen molar-refractivity contribution in [2.45, 2.75) is 6.92 Å². The summed E-state index contributed by atoms with van der Waals surface area (Å²) in [5, 5.41) is 3.11. The highest BCUT2D eigenvalue weighted by molar-refractivity contribution is 6.43. The van der Waals surface area contributed by atoms with Gasteiger partial charge < -0.3 is 5.32 Å². The molecule has 0 aliphatic rings. The van der Waals surface area contributed by atoms with Crippen LogP contribution in [0.1, 0.15) is 17.4 Å². The number of carbonyl (C=O) groups excluding carboxylic acids is 1. The smallest absolute Gasteiger partial charge is 0.271 e. The van der Waals surface area contributed by atoms with Crippen molar-refractivity contribution < 1.29 is 4.79 Å². The predicted octanol–water partition coefficient (Wildman–Crippen LogP) is 2.14. The zero-order valence-electron chi connectivity index (χ0n) is 6.97.